The standard InChI is InChI=1S/C11H12N4O2/c1-7-9(6-15(2)14-7)13-11(17)8-3-4-12-5-10(8)16/h3-6,16H,1-2H3,(H,13,17). The molecule has 88 valence electrons. The van der Waals surface area contributed by atoms with E-state index in [2.05, 4.69) is 15.4 Å². The Morgan fingerprint density at radius 3 is 2.88 bits per heavy atom. The van der Waals surface area contributed by atoms with Crippen LogP contribution in [0.5, 0.6) is 5.75 Å². The normalized spacial score (nSPS) is 10.2. The molecule has 0 spiro atoms. The summed E-state index contributed by atoms with van der Waals surface area (Å²) in [5.41, 5.74) is 1.52. The van der Waals surface area contributed by atoms with Crippen molar-refractivity contribution in [2.24, 2.45) is 7.05 Å². The van der Waals surface area contributed by atoms with Gasteiger partial charge in [-0.3, -0.25) is 14.5 Å². The summed E-state index contributed by atoms with van der Waals surface area (Å²) in [6.45, 7) is 1.79. The van der Waals surface area contributed by atoms with Gasteiger partial charge in [0, 0.05) is 19.4 Å². The Balaban J connectivity index is 2.23. The molecule has 0 bridgehead atoms. The second kappa shape index (κ2) is 4.25. The van der Waals surface area contributed by atoms with Crippen LogP contribution in [0, 0.1) is 6.92 Å². The average Bonchev–Trinajstić information content (AvgIpc) is 2.58. The van der Waals surface area contributed by atoms with Crippen molar-refractivity contribution in [3.05, 3.63) is 35.9 Å². The van der Waals surface area contributed by atoms with E-state index in [9.17, 15) is 9.90 Å². The van der Waals surface area contributed by atoms with Crippen LogP contribution in [-0.2, 0) is 7.05 Å². The maximum Gasteiger partial charge on any atom is 0.259 e. The number of nitrogens with one attached hydrogen (secondary N) is 1. The van der Waals surface area contributed by atoms with Gasteiger partial charge in [0.1, 0.15) is 5.75 Å². The van der Waals surface area contributed by atoms with Crippen molar-refractivity contribution in [1.29, 1.82) is 0 Å². The maximum absolute atomic E-state index is 11.9. The van der Waals surface area contributed by atoms with Gasteiger partial charge in [-0.15, -0.1) is 0 Å². The number of carbonyl (C=O) groups is 1. The number of hydrogen-bond acceptors (Lipinski definition) is 4. The molecule has 0 aromatic carbocycles. The summed E-state index contributed by atoms with van der Waals surface area (Å²) >= 11 is 0. The molecule has 0 radical (unpaired) electrons. The number of aromatic nitrogens is 3. The first-order valence-electron chi connectivity index (χ1n) is 5.02. The highest BCUT2D eigenvalue weighted by molar-refractivity contribution is 6.06. The van der Waals surface area contributed by atoms with Gasteiger partial charge in [-0.2, -0.15) is 5.10 Å². The third-order valence-electron chi connectivity index (χ3n) is 2.31. The van der Waals surface area contributed by atoms with E-state index in [0.29, 0.717) is 5.69 Å². The summed E-state index contributed by atoms with van der Waals surface area (Å²) < 4.78 is 1.61. The maximum atomic E-state index is 11.9. The van der Waals surface area contributed by atoms with Crippen molar-refractivity contribution >= 4 is 11.6 Å². The summed E-state index contributed by atoms with van der Waals surface area (Å²) in [6.07, 6.45) is 4.38. The third-order valence-corrected chi connectivity index (χ3v) is 2.31. The van der Waals surface area contributed by atoms with Crippen LogP contribution in [-0.4, -0.2) is 25.8 Å². The molecule has 1 amide bonds. The Morgan fingerprint density at radius 1 is 1.53 bits per heavy atom. The van der Waals surface area contributed by atoms with E-state index in [1.807, 2.05) is 0 Å². The summed E-state index contributed by atoms with van der Waals surface area (Å²) in [5.74, 6) is -0.535. The number of pyridine rings is 1. The summed E-state index contributed by atoms with van der Waals surface area (Å²) in [6, 6.07) is 1.45. The first-order valence-corrected chi connectivity index (χ1v) is 5.02. The Kier molecular flexibility index (Phi) is 2.78. The lowest BCUT2D eigenvalue weighted by Gasteiger charge is -2.04. The lowest BCUT2D eigenvalue weighted by atomic mass is 10.2. The molecule has 6 heteroatoms. The van der Waals surface area contributed by atoms with E-state index in [4.69, 9.17) is 0 Å². The molecule has 6 nitrogen and oxygen atoms in total. The molecule has 0 atom stereocenters. The van der Waals surface area contributed by atoms with Crippen molar-refractivity contribution in [2.45, 2.75) is 6.92 Å². The molecule has 0 unspecified atom stereocenters. The number of carbonyl (C=O) groups excluding carboxylic acids is 1. The predicted octanol–water partition coefficient (Wildman–Crippen LogP) is 1.08. The molecule has 2 N–H and O–H groups in total. The van der Waals surface area contributed by atoms with Gasteiger partial charge in [0.05, 0.1) is 23.1 Å². The molecule has 0 aliphatic carbocycles. The highest BCUT2D eigenvalue weighted by atomic mass is 16.3. The van der Waals surface area contributed by atoms with Gasteiger partial charge in [0.15, 0.2) is 0 Å². The van der Waals surface area contributed by atoms with Crippen LogP contribution in [0.3, 0.4) is 0 Å². The Hall–Kier alpha value is -2.37. The number of amides is 1. The fraction of sp³-hybridized carbons (Fsp3) is 0.182. The first kappa shape index (κ1) is 11.1. The molecular formula is C11H12N4O2. The number of aromatic hydroxyl groups is 1. The largest absolute Gasteiger partial charge is 0.505 e. The average molecular weight is 232 g/mol. The van der Waals surface area contributed by atoms with Crippen LogP contribution in [0.1, 0.15) is 16.1 Å². The smallest absolute Gasteiger partial charge is 0.259 e. The van der Waals surface area contributed by atoms with Crippen LogP contribution >= 0.6 is 0 Å². The molecule has 0 aliphatic rings. The second-order valence-corrected chi connectivity index (χ2v) is 3.65. The van der Waals surface area contributed by atoms with Crippen molar-refractivity contribution in [3.63, 3.8) is 0 Å². The van der Waals surface area contributed by atoms with Crippen molar-refractivity contribution in [3.8, 4) is 5.75 Å². The molecular weight excluding hydrogens is 220 g/mol. The minimum absolute atomic E-state index is 0.147. The lowest BCUT2D eigenvalue weighted by Crippen LogP contribution is -2.12. The fourth-order valence-electron chi connectivity index (χ4n) is 1.49. The van der Waals surface area contributed by atoms with E-state index >= 15 is 0 Å². The Labute approximate surface area is 97.9 Å². The van der Waals surface area contributed by atoms with Gasteiger partial charge in [0.25, 0.3) is 5.91 Å². The van der Waals surface area contributed by atoms with Crippen LogP contribution in [0.15, 0.2) is 24.7 Å². The molecule has 2 heterocycles. The third kappa shape index (κ3) is 2.25. The van der Waals surface area contributed by atoms with Gasteiger partial charge < -0.3 is 10.4 Å². The van der Waals surface area contributed by atoms with Gasteiger partial charge in [-0.1, -0.05) is 0 Å². The fourth-order valence-corrected chi connectivity index (χ4v) is 1.49. The molecule has 0 fully saturated rings. The van der Waals surface area contributed by atoms with Gasteiger partial charge in [-0.05, 0) is 13.0 Å². The zero-order valence-electron chi connectivity index (χ0n) is 9.51. The van der Waals surface area contributed by atoms with E-state index in [1.54, 1.807) is 24.9 Å². The van der Waals surface area contributed by atoms with Crippen molar-refractivity contribution in [1.82, 2.24) is 14.8 Å². The van der Waals surface area contributed by atoms with Gasteiger partial charge in [0.2, 0.25) is 0 Å². The topological polar surface area (TPSA) is 80.0 Å². The van der Waals surface area contributed by atoms with Crippen LogP contribution in [0.4, 0.5) is 5.69 Å². The quantitative estimate of drug-likeness (QED) is 0.812. The molecule has 0 saturated heterocycles. The predicted molar refractivity (Wildman–Crippen MR) is 61.8 cm³/mol. The molecule has 0 saturated carbocycles. The van der Waals surface area contributed by atoms with Crippen LogP contribution < -0.4 is 5.32 Å². The van der Waals surface area contributed by atoms with E-state index in [-0.39, 0.29) is 17.2 Å². The minimum atomic E-state index is -0.388. The number of rotatable bonds is 2. The number of hydrogen-bond donors (Lipinski definition) is 2. The minimum Gasteiger partial charge on any atom is -0.505 e. The van der Waals surface area contributed by atoms with Crippen LogP contribution in [0.2, 0.25) is 0 Å². The van der Waals surface area contributed by atoms with Gasteiger partial charge in [-0.25, -0.2) is 0 Å². The number of nitrogens with zero attached hydrogens (tertiary/aromatic N) is 3. The SMILES string of the molecule is Cc1nn(C)cc1NC(=O)c1ccncc1O. The number of anilines is 1. The monoisotopic (exact) mass is 232 g/mol. The summed E-state index contributed by atoms with van der Waals surface area (Å²) in [7, 11) is 1.77. The molecule has 2 aromatic rings. The highest BCUT2D eigenvalue weighted by Gasteiger charge is 2.13. The van der Waals surface area contributed by atoms with Crippen LogP contribution in [0.25, 0.3) is 0 Å². The van der Waals surface area contributed by atoms with E-state index < -0.39 is 0 Å². The van der Waals surface area contributed by atoms with Crippen molar-refractivity contribution < 1.29 is 9.90 Å². The van der Waals surface area contributed by atoms with Crippen molar-refractivity contribution in [2.75, 3.05) is 5.32 Å². The molecule has 2 rings (SSSR count). The Morgan fingerprint density at radius 2 is 2.29 bits per heavy atom. The highest BCUT2D eigenvalue weighted by Crippen LogP contribution is 2.17. The molecule has 17 heavy (non-hydrogen) atoms. The number of aryl methyl sites for hydroxylation is 2. The first-order chi connectivity index (χ1) is 8.08. The molecule has 0 aliphatic heterocycles. The van der Waals surface area contributed by atoms with E-state index in [1.165, 1.54) is 18.5 Å². The zero-order chi connectivity index (χ0) is 12.4. The van der Waals surface area contributed by atoms with E-state index in [0.717, 1.165) is 5.69 Å². The lowest BCUT2D eigenvalue weighted by molar-refractivity contribution is 0.102. The second-order valence-electron chi connectivity index (χ2n) is 3.65. The summed E-state index contributed by atoms with van der Waals surface area (Å²) in [4.78, 5) is 15.6. The summed E-state index contributed by atoms with van der Waals surface area (Å²) in [5, 5.41) is 16.3. The molecule has 2 aromatic heterocycles. The Bertz CT molecular complexity index is 562. The zero-order valence-corrected chi connectivity index (χ0v) is 9.51. The van der Waals surface area contributed by atoms with Gasteiger partial charge >= 0.3 is 0 Å².